The number of carbonyl (C=O) groups excluding carboxylic acids is 1. The Kier molecular flexibility index (Phi) is 5.86. The molecule has 1 aliphatic rings. The van der Waals surface area contributed by atoms with Crippen molar-refractivity contribution in [3.05, 3.63) is 71.2 Å². The van der Waals surface area contributed by atoms with Crippen LogP contribution in [0.5, 0.6) is 0 Å². The average Bonchev–Trinajstić information content (AvgIpc) is 2.79. The highest BCUT2D eigenvalue weighted by Gasteiger charge is 2.23. The highest BCUT2D eigenvalue weighted by Crippen LogP contribution is 2.22. The minimum Gasteiger partial charge on any atom is -0.378 e. The molecule has 1 aliphatic heterocycles. The molecule has 154 valence electrons. The maximum absolute atomic E-state index is 12.8. The molecule has 1 aromatic heterocycles. The van der Waals surface area contributed by atoms with E-state index in [0.29, 0.717) is 18.1 Å². The molecule has 3 aromatic rings. The van der Waals surface area contributed by atoms with Gasteiger partial charge in [0.2, 0.25) is 0 Å². The Morgan fingerprint density at radius 1 is 0.867 bits per heavy atom. The molecule has 4 rings (SSSR count). The first-order chi connectivity index (χ1) is 14.5. The van der Waals surface area contributed by atoms with Gasteiger partial charge >= 0.3 is 0 Å². The Balaban J connectivity index is 1.37. The van der Waals surface area contributed by atoms with E-state index in [1.807, 2.05) is 84.6 Å². The van der Waals surface area contributed by atoms with Crippen molar-refractivity contribution in [3.63, 3.8) is 0 Å². The van der Waals surface area contributed by atoms with Crippen LogP contribution in [0.4, 0.5) is 11.5 Å². The lowest BCUT2D eigenvalue weighted by Gasteiger charge is -2.35. The van der Waals surface area contributed by atoms with E-state index in [9.17, 15) is 4.79 Å². The largest absolute Gasteiger partial charge is 0.378 e. The maximum Gasteiger partial charge on any atom is 0.253 e. The fraction of sp³-hybridized carbons (Fsp3) is 0.261. The topological polar surface area (TPSA) is 52.6 Å². The van der Waals surface area contributed by atoms with Crippen molar-refractivity contribution < 1.29 is 4.79 Å². The van der Waals surface area contributed by atoms with Gasteiger partial charge < -0.3 is 14.7 Å². The van der Waals surface area contributed by atoms with Crippen LogP contribution in [-0.2, 0) is 0 Å². The number of piperazine rings is 1. The van der Waals surface area contributed by atoms with Gasteiger partial charge in [0.25, 0.3) is 5.91 Å². The first-order valence-corrected chi connectivity index (χ1v) is 10.3. The average molecular weight is 422 g/mol. The van der Waals surface area contributed by atoms with Gasteiger partial charge in [-0.15, -0.1) is 10.2 Å². The van der Waals surface area contributed by atoms with E-state index in [2.05, 4.69) is 15.1 Å². The maximum atomic E-state index is 12.8. The summed E-state index contributed by atoms with van der Waals surface area (Å²) in [5, 5.41) is 9.45. The van der Waals surface area contributed by atoms with Gasteiger partial charge in [-0.1, -0.05) is 23.7 Å². The minimum atomic E-state index is 0.0733. The molecule has 1 fully saturated rings. The van der Waals surface area contributed by atoms with E-state index in [0.717, 1.165) is 41.4 Å². The first kappa shape index (κ1) is 20.2. The van der Waals surface area contributed by atoms with Crippen molar-refractivity contribution in [2.45, 2.75) is 0 Å². The van der Waals surface area contributed by atoms with E-state index in [4.69, 9.17) is 11.6 Å². The number of halogens is 1. The number of amides is 1. The third kappa shape index (κ3) is 4.39. The van der Waals surface area contributed by atoms with Crippen LogP contribution in [0.2, 0.25) is 5.02 Å². The Morgan fingerprint density at radius 2 is 1.53 bits per heavy atom. The molecule has 6 nitrogen and oxygen atoms in total. The fourth-order valence-electron chi connectivity index (χ4n) is 3.49. The molecule has 0 radical (unpaired) electrons. The highest BCUT2D eigenvalue weighted by atomic mass is 35.5. The van der Waals surface area contributed by atoms with Crippen molar-refractivity contribution in [2.75, 3.05) is 50.1 Å². The number of rotatable bonds is 4. The summed E-state index contributed by atoms with van der Waals surface area (Å²) < 4.78 is 0. The van der Waals surface area contributed by atoms with Crippen LogP contribution in [0.25, 0.3) is 11.3 Å². The quantitative estimate of drug-likeness (QED) is 0.640. The number of carbonyl (C=O) groups is 1. The molecule has 0 aliphatic carbocycles. The fourth-order valence-corrected chi connectivity index (χ4v) is 3.62. The number of aromatic nitrogens is 2. The van der Waals surface area contributed by atoms with E-state index in [1.54, 1.807) is 0 Å². The molecular weight excluding hydrogens is 398 g/mol. The smallest absolute Gasteiger partial charge is 0.253 e. The Morgan fingerprint density at radius 3 is 2.10 bits per heavy atom. The summed E-state index contributed by atoms with van der Waals surface area (Å²) >= 11 is 5.95. The Bertz CT molecular complexity index is 995. The van der Waals surface area contributed by atoms with Gasteiger partial charge in [0, 0.05) is 62.1 Å². The van der Waals surface area contributed by atoms with Gasteiger partial charge in [-0.2, -0.15) is 0 Å². The molecular formula is C23H24ClN5O. The molecule has 0 spiro atoms. The van der Waals surface area contributed by atoms with Gasteiger partial charge in [0.1, 0.15) is 0 Å². The van der Waals surface area contributed by atoms with Crippen molar-refractivity contribution in [3.8, 4) is 11.3 Å². The van der Waals surface area contributed by atoms with E-state index < -0.39 is 0 Å². The lowest BCUT2D eigenvalue weighted by Crippen LogP contribution is -2.49. The number of hydrogen-bond donors (Lipinski definition) is 0. The standard InChI is InChI=1S/C23H24ClN5O/c1-27(2)20-9-5-18(6-10-20)23(30)29-15-13-28(14-16-29)22-12-11-21(25-26-22)17-3-7-19(24)8-4-17/h3-12H,13-16H2,1-2H3. The second-order valence-corrected chi connectivity index (χ2v) is 7.94. The van der Waals surface area contributed by atoms with Crippen molar-refractivity contribution in [2.24, 2.45) is 0 Å². The SMILES string of the molecule is CN(C)c1ccc(C(=O)N2CCN(c3ccc(-c4ccc(Cl)cc4)nn3)CC2)cc1. The van der Waals surface area contributed by atoms with Gasteiger partial charge in [-0.05, 0) is 48.5 Å². The summed E-state index contributed by atoms with van der Waals surface area (Å²) in [6.45, 7) is 2.79. The Hall–Kier alpha value is -3.12. The lowest BCUT2D eigenvalue weighted by molar-refractivity contribution is 0.0746. The van der Waals surface area contributed by atoms with Crippen molar-refractivity contribution in [1.29, 1.82) is 0 Å². The number of anilines is 2. The lowest BCUT2D eigenvalue weighted by atomic mass is 10.1. The molecule has 1 amide bonds. The summed E-state index contributed by atoms with van der Waals surface area (Å²) in [4.78, 5) is 18.9. The van der Waals surface area contributed by atoms with Crippen molar-refractivity contribution in [1.82, 2.24) is 15.1 Å². The van der Waals surface area contributed by atoms with Gasteiger partial charge in [0.15, 0.2) is 5.82 Å². The molecule has 2 heterocycles. The zero-order chi connectivity index (χ0) is 21.1. The summed E-state index contributed by atoms with van der Waals surface area (Å²) in [6, 6.07) is 19.2. The van der Waals surface area contributed by atoms with Crippen LogP contribution in [0, 0.1) is 0 Å². The first-order valence-electron chi connectivity index (χ1n) is 9.92. The molecule has 7 heteroatoms. The Labute approximate surface area is 181 Å². The minimum absolute atomic E-state index is 0.0733. The summed E-state index contributed by atoms with van der Waals surface area (Å²) in [5.74, 6) is 0.902. The third-order valence-electron chi connectivity index (χ3n) is 5.31. The van der Waals surface area contributed by atoms with Crippen molar-refractivity contribution >= 4 is 29.0 Å². The molecule has 30 heavy (non-hydrogen) atoms. The molecule has 0 saturated carbocycles. The summed E-state index contributed by atoms with van der Waals surface area (Å²) in [5.41, 5.74) is 3.60. The zero-order valence-corrected chi connectivity index (χ0v) is 17.9. The van der Waals surface area contributed by atoms with E-state index in [-0.39, 0.29) is 5.91 Å². The monoisotopic (exact) mass is 421 g/mol. The van der Waals surface area contributed by atoms with Crippen LogP contribution in [0.3, 0.4) is 0 Å². The molecule has 0 atom stereocenters. The second-order valence-electron chi connectivity index (χ2n) is 7.50. The van der Waals surface area contributed by atoms with E-state index in [1.165, 1.54) is 0 Å². The third-order valence-corrected chi connectivity index (χ3v) is 5.56. The molecule has 2 aromatic carbocycles. The molecule has 0 bridgehead atoms. The molecule has 0 unspecified atom stereocenters. The van der Waals surface area contributed by atoms with Gasteiger partial charge in [-0.3, -0.25) is 4.79 Å². The van der Waals surface area contributed by atoms with Crippen LogP contribution in [0.1, 0.15) is 10.4 Å². The predicted molar refractivity (Wildman–Crippen MR) is 121 cm³/mol. The zero-order valence-electron chi connectivity index (χ0n) is 17.1. The number of hydrogen-bond acceptors (Lipinski definition) is 5. The second kappa shape index (κ2) is 8.71. The van der Waals surface area contributed by atoms with E-state index >= 15 is 0 Å². The van der Waals surface area contributed by atoms with Gasteiger partial charge in [0.05, 0.1) is 5.69 Å². The number of benzene rings is 2. The van der Waals surface area contributed by atoms with Gasteiger partial charge in [-0.25, -0.2) is 0 Å². The number of nitrogens with zero attached hydrogens (tertiary/aromatic N) is 5. The molecule has 1 saturated heterocycles. The predicted octanol–water partition coefficient (Wildman–Crippen LogP) is 3.83. The van der Waals surface area contributed by atoms with Crippen LogP contribution >= 0.6 is 11.6 Å². The normalized spacial score (nSPS) is 14.0. The summed E-state index contributed by atoms with van der Waals surface area (Å²) in [7, 11) is 3.97. The van der Waals surface area contributed by atoms with Crippen LogP contribution in [0.15, 0.2) is 60.7 Å². The summed E-state index contributed by atoms with van der Waals surface area (Å²) in [6.07, 6.45) is 0. The molecule has 0 N–H and O–H groups in total. The van der Waals surface area contributed by atoms with Crippen LogP contribution in [-0.4, -0.2) is 61.3 Å². The highest BCUT2D eigenvalue weighted by molar-refractivity contribution is 6.30. The van der Waals surface area contributed by atoms with Crippen LogP contribution < -0.4 is 9.80 Å².